The molecule has 0 saturated heterocycles. The van der Waals surface area contributed by atoms with Crippen molar-refractivity contribution in [3.05, 3.63) is 83.1 Å². The first-order chi connectivity index (χ1) is 13.3. The van der Waals surface area contributed by atoms with E-state index in [0.29, 0.717) is 10.9 Å². The fourth-order valence-corrected chi connectivity index (χ4v) is 2.90. The molecular weight excluding hydrogens is 392 g/mol. The second-order valence-corrected chi connectivity index (χ2v) is 6.48. The molecule has 2 N–H and O–H groups in total. The summed E-state index contributed by atoms with van der Waals surface area (Å²) < 4.78 is 55.3. The van der Waals surface area contributed by atoms with Crippen molar-refractivity contribution < 1.29 is 17.6 Å². The molecular formula is C19H16F4N4S. The van der Waals surface area contributed by atoms with Crippen molar-refractivity contribution >= 4 is 23.1 Å². The van der Waals surface area contributed by atoms with Gasteiger partial charge in [0.15, 0.2) is 34.2 Å². The van der Waals surface area contributed by atoms with Crippen molar-refractivity contribution in [3.63, 3.8) is 0 Å². The number of thiocarbonyl (C=S) groups is 1. The van der Waals surface area contributed by atoms with E-state index in [1.807, 2.05) is 37.3 Å². The molecule has 1 unspecified atom stereocenters. The molecule has 0 bridgehead atoms. The summed E-state index contributed by atoms with van der Waals surface area (Å²) in [4.78, 5) is 0. The predicted molar refractivity (Wildman–Crippen MR) is 102 cm³/mol. The van der Waals surface area contributed by atoms with Gasteiger partial charge in [0.05, 0.1) is 18.2 Å². The van der Waals surface area contributed by atoms with Gasteiger partial charge in [-0.15, -0.1) is 0 Å². The molecule has 0 aliphatic carbocycles. The minimum absolute atomic E-state index is 0.0539. The first-order valence-electron chi connectivity index (χ1n) is 8.33. The third-order valence-corrected chi connectivity index (χ3v) is 4.27. The van der Waals surface area contributed by atoms with Crippen LogP contribution in [0.5, 0.6) is 0 Å². The van der Waals surface area contributed by atoms with Gasteiger partial charge in [-0.1, -0.05) is 30.3 Å². The van der Waals surface area contributed by atoms with Gasteiger partial charge in [-0.2, -0.15) is 5.10 Å². The number of hydrogen-bond acceptors (Lipinski definition) is 2. The van der Waals surface area contributed by atoms with E-state index in [1.54, 1.807) is 0 Å². The quantitative estimate of drug-likeness (QED) is 0.370. The van der Waals surface area contributed by atoms with Crippen molar-refractivity contribution in [3.8, 4) is 0 Å². The fourth-order valence-electron chi connectivity index (χ4n) is 2.61. The number of hydrogen-bond donors (Lipinski definition) is 2. The summed E-state index contributed by atoms with van der Waals surface area (Å²) in [6, 6.07) is 11.3. The number of nitrogens with one attached hydrogen (secondary N) is 2. The van der Waals surface area contributed by atoms with Crippen LogP contribution in [0.3, 0.4) is 0 Å². The maximum absolute atomic E-state index is 13.8. The van der Waals surface area contributed by atoms with Gasteiger partial charge in [0.1, 0.15) is 0 Å². The number of nitrogens with zero attached hydrogens (tertiary/aromatic N) is 2. The molecule has 4 nitrogen and oxygen atoms in total. The fraction of sp³-hybridized carbons (Fsp3) is 0.158. The Morgan fingerprint density at radius 3 is 2.36 bits per heavy atom. The van der Waals surface area contributed by atoms with E-state index in [0.717, 1.165) is 10.2 Å². The molecule has 2 aromatic carbocycles. The van der Waals surface area contributed by atoms with E-state index >= 15 is 0 Å². The van der Waals surface area contributed by atoms with Crippen LogP contribution < -0.4 is 10.6 Å². The van der Waals surface area contributed by atoms with Gasteiger partial charge in [0, 0.05) is 18.3 Å². The summed E-state index contributed by atoms with van der Waals surface area (Å²) >= 11 is 5.24. The van der Waals surface area contributed by atoms with Gasteiger partial charge in [-0.3, -0.25) is 4.68 Å². The summed E-state index contributed by atoms with van der Waals surface area (Å²) in [5.41, 5.74) is 0.293. The van der Waals surface area contributed by atoms with Crippen LogP contribution in [0.4, 0.5) is 23.4 Å². The van der Waals surface area contributed by atoms with Crippen molar-refractivity contribution in [1.82, 2.24) is 15.1 Å². The number of rotatable bonds is 5. The second-order valence-electron chi connectivity index (χ2n) is 6.08. The lowest BCUT2D eigenvalue weighted by atomic mass is 10.1. The minimum Gasteiger partial charge on any atom is -0.356 e. The van der Waals surface area contributed by atoms with Crippen molar-refractivity contribution in [2.75, 3.05) is 5.32 Å². The van der Waals surface area contributed by atoms with Crippen LogP contribution in [0.1, 0.15) is 24.1 Å². The van der Waals surface area contributed by atoms with E-state index in [1.165, 1.54) is 12.3 Å². The van der Waals surface area contributed by atoms with E-state index in [9.17, 15) is 17.6 Å². The standard InChI is InChI=1S/C19H16F4N4S/c1-11(12-5-3-2-4-6-12)24-19(28)25-16-7-8-27(26-16)10-13-17(22)14(20)9-15(21)18(13)23/h2-9,11H,10H2,1H3,(H2,24,25,26,28). The molecule has 1 heterocycles. The van der Waals surface area contributed by atoms with Crippen molar-refractivity contribution in [2.45, 2.75) is 19.5 Å². The van der Waals surface area contributed by atoms with Crippen LogP contribution in [0.15, 0.2) is 48.7 Å². The average molecular weight is 408 g/mol. The van der Waals surface area contributed by atoms with Crippen LogP contribution in [0.2, 0.25) is 0 Å². The average Bonchev–Trinajstić information content (AvgIpc) is 3.11. The largest absolute Gasteiger partial charge is 0.356 e. The molecule has 0 aliphatic rings. The highest BCUT2D eigenvalue weighted by molar-refractivity contribution is 7.80. The lowest BCUT2D eigenvalue weighted by Crippen LogP contribution is -2.31. The van der Waals surface area contributed by atoms with E-state index < -0.39 is 35.4 Å². The zero-order valence-electron chi connectivity index (χ0n) is 14.7. The smallest absolute Gasteiger partial charge is 0.172 e. The summed E-state index contributed by atoms with van der Waals surface area (Å²) in [6.45, 7) is 1.46. The number of benzene rings is 2. The number of halogens is 4. The highest BCUT2D eigenvalue weighted by atomic mass is 32.1. The highest BCUT2D eigenvalue weighted by Gasteiger charge is 2.19. The van der Waals surface area contributed by atoms with E-state index in [2.05, 4.69) is 15.7 Å². The highest BCUT2D eigenvalue weighted by Crippen LogP contribution is 2.20. The maximum atomic E-state index is 13.8. The Labute approximate surface area is 164 Å². The lowest BCUT2D eigenvalue weighted by molar-refractivity contribution is 0.431. The zero-order chi connectivity index (χ0) is 20.3. The van der Waals surface area contributed by atoms with Gasteiger partial charge in [-0.05, 0) is 24.7 Å². The van der Waals surface area contributed by atoms with Crippen molar-refractivity contribution in [1.29, 1.82) is 0 Å². The normalized spacial score (nSPS) is 11.9. The van der Waals surface area contributed by atoms with Gasteiger partial charge in [-0.25, -0.2) is 17.6 Å². The minimum atomic E-state index is -1.46. The summed E-state index contributed by atoms with van der Waals surface area (Å²) in [6.07, 6.45) is 1.41. The molecule has 1 aromatic heterocycles. The Morgan fingerprint density at radius 1 is 1.07 bits per heavy atom. The third-order valence-electron chi connectivity index (χ3n) is 4.05. The Morgan fingerprint density at radius 2 is 1.71 bits per heavy atom. The molecule has 0 radical (unpaired) electrons. The molecule has 1 atom stereocenters. The Bertz CT molecular complexity index is 965. The SMILES string of the molecule is CC(NC(=S)Nc1ccn(Cc2c(F)c(F)cc(F)c2F)n1)c1ccccc1. The Kier molecular flexibility index (Phi) is 5.93. The van der Waals surface area contributed by atoms with Crippen LogP contribution in [0, 0.1) is 23.3 Å². The van der Waals surface area contributed by atoms with Crippen LogP contribution in [0.25, 0.3) is 0 Å². The Hall–Kier alpha value is -2.94. The maximum Gasteiger partial charge on any atom is 0.172 e. The van der Waals surface area contributed by atoms with Gasteiger partial charge in [0.25, 0.3) is 0 Å². The van der Waals surface area contributed by atoms with Crippen LogP contribution in [-0.2, 0) is 6.54 Å². The van der Waals surface area contributed by atoms with Gasteiger partial charge < -0.3 is 10.6 Å². The molecule has 0 fully saturated rings. The molecule has 146 valence electrons. The summed E-state index contributed by atoms with van der Waals surface area (Å²) in [5.74, 6) is -5.50. The molecule has 0 spiro atoms. The monoisotopic (exact) mass is 408 g/mol. The third kappa shape index (κ3) is 4.48. The van der Waals surface area contributed by atoms with Gasteiger partial charge >= 0.3 is 0 Å². The Balaban J connectivity index is 1.66. The molecule has 0 saturated carbocycles. The molecule has 0 aliphatic heterocycles. The van der Waals surface area contributed by atoms with Crippen LogP contribution in [-0.4, -0.2) is 14.9 Å². The lowest BCUT2D eigenvalue weighted by Gasteiger charge is -2.16. The topological polar surface area (TPSA) is 41.9 Å². The van der Waals surface area contributed by atoms with E-state index in [4.69, 9.17) is 12.2 Å². The first kappa shape index (κ1) is 19.8. The van der Waals surface area contributed by atoms with Crippen molar-refractivity contribution in [2.24, 2.45) is 0 Å². The molecule has 0 amide bonds. The first-order valence-corrected chi connectivity index (χ1v) is 8.73. The zero-order valence-corrected chi connectivity index (χ0v) is 15.5. The van der Waals surface area contributed by atoms with E-state index in [-0.39, 0.29) is 12.1 Å². The van der Waals surface area contributed by atoms with Crippen LogP contribution >= 0.6 is 12.2 Å². The molecule has 3 aromatic rings. The van der Waals surface area contributed by atoms with Gasteiger partial charge in [0.2, 0.25) is 0 Å². The summed E-state index contributed by atoms with van der Waals surface area (Å²) in [7, 11) is 0. The molecule has 28 heavy (non-hydrogen) atoms. The number of anilines is 1. The predicted octanol–water partition coefficient (Wildman–Crippen LogP) is 4.54. The summed E-state index contributed by atoms with van der Waals surface area (Å²) in [5, 5.41) is 10.3. The number of aromatic nitrogens is 2. The molecule has 3 rings (SSSR count). The second kappa shape index (κ2) is 8.39. The molecule has 9 heteroatoms.